The Kier molecular flexibility index (Phi) is 3.38. The zero-order valence-electron chi connectivity index (χ0n) is 10.4. The number of hydrogen-bond acceptors (Lipinski definition) is 3. The Morgan fingerprint density at radius 2 is 1.88 bits per heavy atom. The fourth-order valence-electron chi connectivity index (χ4n) is 2.90. The van der Waals surface area contributed by atoms with Gasteiger partial charge in [-0.15, -0.1) is 0 Å². The highest BCUT2D eigenvalue weighted by molar-refractivity contribution is 5.90. The minimum atomic E-state index is -0.718. The summed E-state index contributed by atoms with van der Waals surface area (Å²) in [5.41, 5.74) is 4.87. The number of hydrogen-bond donors (Lipinski definition) is 1. The van der Waals surface area contributed by atoms with Gasteiger partial charge in [-0.25, -0.2) is 0 Å². The van der Waals surface area contributed by atoms with E-state index in [1.54, 1.807) is 4.90 Å². The predicted octanol–water partition coefficient (Wildman–Crippen LogP) is -0.0514. The minimum Gasteiger partial charge on any atom is -0.368 e. The molecule has 0 radical (unpaired) electrons. The average molecular weight is 239 g/mol. The number of nitrogens with two attached hydrogens (primary N) is 1. The van der Waals surface area contributed by atoms with Gasteiger partial charge in [-0.05, 0) is 32.7 Å². The predicted molar refractivity (Wildman–Crippen MR) is 64.2 cm³/mol. The first-order valence-corrected chi connectivity index (χ1v) is 6.35. The number of piperidine rings is 2. The van der Waals surface area contributed by atoms with E-state index in [1.807, 2.05) is 7.05 Å². The molecule has 2 amide bonds. The molecule has 17 heavy (non-hydrogen) atoms. The van der Waals surface area contributed by atoms with Gasteiger partial charge in [-0.1, -0.05) is 0 Å². The summed E-state index contributed by atoms with van der Waals surface area (Å²) in [5, 5.41) is 0. The first kappa shape index (κ1) is 12.4. The number of amides is 2. The molecule has 0 aromatic rings. The van der Waals surface area contributed by atoms with E-state index >= 15 is 0 Å². The van der Waals surface area contributed by atoms with E-state index < -0.39 is 5.54 Å². The molecule has 2 N–H and O–H groups in total. The fourth-order valence-corrected chi connectivity index (χ4v) is 2.90. The van der Waals surface area contributed by atoms with Crippen LogP contribution in [0.15, 0.2) is 0 Å². The molecule has 2 saturated heterocycles. The van der Waals surface area contributed by atoms with Crippen LogP contribution in [0.2, 0.25) is 0 Å². The molecule has 0 unspecified atom stereocenters. The standard InChI is InChI=1S/C12H21N3O2/c1-14-8-5-12(6-9-14,11(13)17)15-7-3-2-4-10(15)16/h2-9H2,1H3,(H2,13,17). The Morgan fingerprint density at radius 3 is 2.41 bits per heavy atom. The van der Waals surface area contributed by atoms with Gasteiger partial charge >= 0.3 is 0 Å². The van der Waals surface area contributed by atoms with E-state index in [1.165, 1.54) is 0 Å². The van der Waals surface area contributed by atoms with Gasteiger partial charge in [-0.3, -0.25) is 9.59 Å². The lowest BCUT2D eigenvalue weighted by atomic mass is 9.83. The molecule has 2 fully saturated rings. The van der Waals surface area contributed by atoms with E-state index in [0.717, 1.165) is 25.9 Å². The van der Waals surface area contributed by atoms with E-state index in [2.05, 4.69) is 4.90 Å². The second-order valence-electron chi connectivity index (χ2n) is 5.20. The molecule has 0 aromatic heterocycles. The Morgan fingerprint density at radius 1 is 1.24 bits per heavy atom. The van der Waals surface area contributed by atoms with Crippen molar-refractivity contribution in [2.24, 2.45) is 5.73 Å². The Balaban J connectivity index is 2.21. The molecule has 2 aliphatic heterocycles. The highest BCUT2D eigenvalue weighted by atomic mass is 16.2. The normalized spacial score (nSPS) is 25.9. The summed E-state index contributed by atoms with van der Waals surface area (Å²) in [7, 11) is 2.03. The van der Waals surface area contributed by atoms with Crippen molar-refractivity contribution in [1.29, 1.82) is 0 Å². The number of likely N-dealkylation sites (tertiary alicyclic amines) is 2. The minimum absolute atomic E-state index is 0.0969. The molecule has 96 valence electrons. The van der Waals surface area contributed by atoms with Crippen LogP contribution >= 0.6 is 0 Å². The van der Waals surface area contributed by atoms with Crippen LogP contribution in [0.25, 0.3) is 0 Å². The van der Waals surface area contributed by atoms with Gasteiger partial charge in [-0.2, -0.15) is 0 Å². The van der Waals surface area contributed by atoms with Crippen LogP contribution < -0.4 is 5.73 Å². The van der Waals surface area contributed by atoms with Crippen molar-refractivity contribution >= 4 is 11.8 Å². The molecular formula is C12H21N3O2. The largest absolute Gasteiger partial charge is 0.368 e. The summed E-state index contributed by atoms with van der Waals surface area (Å²) in [6.07, 6.45) is 3.82. The molecule has 5 heteroatoms. The average Bonchev–Trinajstić information content (AvgIpc) is 2.31. The van der Waals surface area contributed by atoms with Crippen molar-refractivity contribution in [2.75, 3.05) is 26.7 Å². The SMILES string of the molecule is CN1CCC(C(N)=O)(N2CCCCC2=O)CC1. The van der Waals surface area contributed by atoms with Crippen molar-refractivity contribution in [3.63, 3.8) is 0 Å². The quantitative estimate of drug-likeness (QED) is 0.734. The third kappa shape index (κ3) is 2.16. The third-order valence-corrected chi connectivity index (χ3v) is 4.11. The Hall–Kier alpha value is -1.10. The van der Waals surface area contributed by atoms with Gasteiger partial charge in [0.15, 0.2) is 0 Å². The Bertz CT molecular complexity index is 322. The lowest BCUT2D eigenvalue weighted by molar-refractivity contribution is -0.151. The lowest BCUT2D eigenvalue weighted by Crippen LogP contribution is -2.64. The van der Waals surface area contributed by atoms with Gasteiger partial charge in [0.05, 0.1) is 0 Å². The fraction of sp³-hybridized carbons (Fsp3) is 0.833. The number of carbonyl (C=O) groups is 2. The first-order chi connectivity index (χ1) is 8.06. The smallest absolute Gasteiger partial charge is 0.243 e. The van der Waals surface area contributed by atoms with E-state index in [9.17, 15) is 9.59 Å². The number of primary amides is 1. The van der Waals surface area contributed by atoms with Gasteiger partial charge in [0.2, 0.25) is 11.8 Å². The van der Waals surface area contributed by atoms with Crippen LogP contribution in [0.4, 0.5) is 0 Å². The van der Waals surface area contributed by atoms with Crippen molar-refractivity contribution in [1.82, 2.24) is 9.80 Å². The number of nitrogens with zero attached hydrogens (tertiary/aromatic N) is 2. The maximum atomic E-state index is 12.0. The molecule has 0 bridgehead atoms. The molecule has 2 aliphatic rings. The van der Waals surface area contributed by atoms with E-state index in [-0.39, 0.29) is 11.8 Å². The second kappa shape index (κ2) is 4.64. The molecule has 2 heterocycles. The van der Waals surface area contributed by atoms with Gasteiger partial charge in [0.1, 0.15) is 5.54 Å². The van der Waals surface area contributed by atoms with Crippen molar-refractivity contribution in [2.45, 2.75) is 37.6 Å². The highest BCUT2D eigenvalue weighted by Gasteiger charge is 2.46. The van der Waals surface area contributed by atoms with Crippen LogP contribution in [-0.4, -0.2) is 53.8 Å². The number of carbonyl (C=O) groups excluding carboxylic acids is 2. The molecule has 0 saturated carbocycles. The van der Waals surface area contributed by atoms with Crippen LogP contribution in [-0.2, 0) is 9.59 Å². The zero-order chi connectivity index (χ0) is 12.5. The molecule has 5 nitrogen and oxygen atoms in total. The van der Waals surface area contributed by atoms with Crippen LogP contribution in [0.3, 0.4) is 0 Å². The first-order valence-electron chi connectivity index (χ1n) is 6.35. The van der Waals surface area contributed by atoms with Crippen LogP contribution in [0.1, 0.15) is 32.1 Å². The Labute approximate surface area is 102 Å². The van der Waals surface area contributed by atoms with E-state index in [4.69, 9.17) is 5.73 Å². The highest BCUT2D eigenvalue weighted by Crippen LogP contribution is 2.31. The van der Waals surface area contributed by atoms with Gasteiger partial charge in [0, 0.05) is 26.1 Å². The van der Waals surface area contributed by atoms with Crippen LogP contribution in [0.5, 0.6) is 0 Å². The summed E-state index contributed by atoms with van der Waals surface area (Å²) >= 11 is 0. The lowest BCUT2D eigenvalue weighted by Gasteiger charge is -2.47. The van der Waals surface area contributed by atoms with Crippen LogP contribution in [0, 0.1) is 0 Å². The second-order valence-corrected chi connectivity index (χ2v) is 5.20. The summed E-state index contributed by atoms with van der Waals surface area (Å²) in [4.78, 5) is 27.8. The maximum absolute atomic E-state index is 12.0. The molecule has 0 aromatic carbocycles. The summed E-state index contributed by atoms with van der Waals surface area (Å²) in [6.45, 7) is 2.34. The number of rotatable bonds is 2. The third-order valence-electron chi connectivity index (χ3n) is 4.11. The molecule has 0 spiro atoms. The zero-order valence-corrected chi connectivity index (χ0v) is 10.4. The summed E-state index contributed by atoms with van der Waals surface area (Å²) in [6, 6.07) is 0. The molecule has 2 rings (SSSR count). The molecular weight excluding hydrogens is 218 g/mol. The van der Waals surface area contributed by atoms with Crippen molar-refractivity contribution in [3.05, 3.63) is 0 Å². The monoisotopic (exact) mass is 239 g/mol. The maximum Gasteiger partial charge on any atom is 0.243 e. The van der Waals surface area contributed by atoms with Gasteiger partial charge in [0.25, 0.3) is 0 Å². The van der Waals surface area contributed by atoms with Crippen molar-refractivity contribution in [3.8, 4) is 0 Å². The molecule has 0 aliphatic carbocycles. The van der Waals surface area contributed by atoms with Crippen molar-refractivity contribution < 1.29 is 9.59 Å². The summed E-state index contributed by atoms with van der Waals surface area (Å²) in [5.74, 6) is -0.236. The topological polar surface area (TPSA) is 66.6 Å². The molecule has 0 atom stereocenters. The van der Waals surface area contributed by atoms with E-state index in [0.29, 0.717) is 25.8 Å². The summed E-state index contributed by atoms with van der Waals surface area (Å²) < 4.78 is 0. The van der Waals surface area contributed by atoms with Gasteiger partial charge < -0.3 is 15.5 Å².